The van der Waals surface area contributed by atoms with Crippen LogP contribution in [0.1, 0.15) is 12.5 Å². The molecule has 3 aromatic carbocycles. The van der Waals surface area contributed by atoms with Crippen molar-refractivity contribution in [3.8, 4) is 11.4 Å². The Morgan fingerprint density at radius 3 is 2.41 bits per heavy atom. The highest BCUT2D eigenvalue weighted by molar-refractivity contribution is 8.15. The van der Waals surface area contributed by atoms with E-state index in [1.165, 1.54) is 6.92 Å². The molecule has 10 heteroatoms. The summed E-state index contributed by atoms with van der Waals surface area (Å²) in [6, 6.07) is 22.2. The summed E-state index contributed by atoms with van der Waals surface area (Å²) in [5.41, 5.74) is 5.16. The second-order valence-electron chi connectivity index (χ2n) is 7.17. The van der Waals surface area contributed by atoms with Crippen LogP contribution in [0.25, 0.3) is 11.4 Å². The van der Waals surface area contributed by atoms with Crippen LogP contribution in [0.15, 0.2) is 83.1 Å². The average Bonchev–Trinajstić information content (AvgIpc) is 3.19. The minimum absolute atomic E-state index is 0.204. The maximum Gasteiger partial charge on any atom is 0.198 e. The van der Waals surface area contributed by atoms with Crippen LogP contribution in [0.4, 0.5) is 5.69 Å². The Labute approximate surface area is 215 Å². The van der Waals surface area contributed by atoms with Crippen molar-refractivity contribution >= 4 is 63.1 Å². The van der Waals surface area contributed by atoms with Gasteiger partial charge in [-0.05, 0) is 47.7 Å². The minimum Gasteiger partial charge on any atom is -0.297 e. The number of halogens is 3. The number of nitrogens with one attached hydrogen (secondary N) is 1. The van der Waals surface area contributed by atoms with E-state index in [0.29, 0.717) is 43.8 Å². The van der Waals surface area contributed by atoms with Gasteiger partial charge in [-0.2, -0.15) is 5.10 Å². The predicted molar refractivity (Wildman–Crippen MR) is 140 cm³/mol. The van der Waals surface area contributed by atoms with Crippen molar-refractivity contribution in [1.29, 1.82) is 0 Å². The zero-order valence-electron chi connectivity index (χ0n) is 17.9. The van der Waals surface area contributed by atoms with E-state index >= 15 is 0 Å². The van der Waals surface area contributed by atoms with E-state index in [9.17, 15) is 4.79 Å². The van der Waals surface area contributed by atoms with Crippen LogP contribution in [0.5, 0.6) is 0 Å². The largest absolute Gasteiger partial charge is 0.297 e. The first-order valence-electron chi connectivity index (χ1n) is 10.1. The Kier molecular flexibility index (Phi) is 7.90. The number of aromatic nitrogens is 3. The van der Waals surface area contributed by atoms with Gasteiger partial charge < -0.3 is 0 Å². The molecule has 0 amide bonds. The van der Waals surface area contributed by atoms with E-state index in [2.05, 4.69) is 20.7 Å². The molecule has 1 aromatic heterocycles. The molecular weight excluding hydrogens is 513 g/mol. The molecule has 34 heavy (non-hydrogen) atoms. The molecule has 0 aliphatic heterocycles. The predicted octanol–water partition coefficient (Wildman–Crippen LogP) is 7.06. The van der Waals surface area contributed by atoms with E-state index in [-0.39, 0.29) is 10.8 Å². The highest BCUT2D eigenvalue weighted by Gasteiger charge is 2.21. The Morgan fingerprint density at radius 2 is 1.71 bits per heavy atom. The fourth-order valence-corrected chi connectivity index (χ4v) is 4.49. The van der Waals surface area contributed by atoms with Crippen molar-refractivity contribution in [3.63, 3.8) is 0 Å². The van der Waals surface area contributed by atoms with Crippen molar-refractivity contribution in [1.82, 2.24) is 14.8 Å². The molecule has 172 valence electrons. The summed E-state index contributed by atoms with van der Waals surface area (Å²) in [4.78, 5) is 12.4. The molecule has 0 bridgehead atoms. The highest BCUT2D eigenvalue weighted by atomic mass is 35.5. The highest BCUT2D eigenvalue weighted by Crippen LogP contribution is 2.32. The number of hydrazone groups is 1. The molecule has 1 heterocycles. The molecule has 0 radical (unpaired) electrons. The molecule has 0 saturated heterocycles. The fourth-order valence-electron chi connectivity index (χ4n) is 3.07. The van der Waals surface area contributed by atoms with Gasteiger partial charge in [0.05, 0.1) is 22.3 Å². The van der Waals surface area contributed by atoms with Gasteiger partial charge in [-0.3, -0.25) is 14.8 Å². The maximum absolute atomic E-state index is 12.4. The lowest BCUT2D eigenvalue weighted by Crippen LogP contribution is -2.11. The molecule has 6 nitrogen and oxygen atoms in total. The molecule has 1 N–H and O–H groups in total. The van der Waals surface area contributed by atoms with Crippen molar-refractivity contribution in [2.24, 2.45) is 5.10 Å². The normalized spacial score (nSPS) is 11.5. The van der Waals surface area contributed by atoms with Crippen LogP contribution in [-0.4, -0.2) is 25.6 Å². The Bertz CT molecular complexity index is 1360. The average molecular weight is 531 g/mol. The van der Waals surface area contributed by atoms with Crippen molar-refractivity contribution in [2.75, 3.05) is 5.43 Å². The Hall–Kier alpha value is -2.84. The monoisotopic (exact) mass is 529 g/mol. The first-order chi connectivity index (χ1) is 16.4. The summed E-state index contributed by atoms with van der Waals surface area (Å²) >= 11 is 19.8. The van der Waals surface area contributed by atoms with Gasteiger partial charge in [0, 0.05) is 17.5 Å². The number of carbonyl (C=O) groups excluding carboxylic acids is 1. The van der Waals surface area contributed by atoms with Crippen LogP contribution >= 0.6 is 46.6 Å². The number of rotatable bonds is 7. The van der Waals surface area contributed by atoms with Crippen LogP contribution in [0.3, 0.4) is 0 Å². The summed E-state index contributed by atoms with van der Waals surface area (Å²) in [5, 5.41) is 15.2. The van der Waals surface area contributed by atoms with E-state index in [0.717, 1.165) is 17.3 Å². The number of para-hydroxylation sites is 1. The summed E-state index contributed by atoms with van der Waals surface area (Å²) in [7, 11) is 0. The fraction of sp³-hybridized carbons (Fsp3) is 0.0833. The number of carbonyl (C=O) groups is 1. The molecule has 4 rings (SSSR count). The Balaban J connectivity index is 1.72. The van der Waals surface area contributed by atoms with E-state index in [1.54, 1.807) is 30.3 Å². The first-order valence-corrected chi connectivity index (χ1v) is 12.1. The van der Waals surface area contributed by atoms with Crippen molar-refractivity contribution in [3.05, 3.63) is 93.4 Å². The van der Waals surface area contributed by atoms with Crippen molar-refractivity contribution in [2.45, 2.75) is 18.6 Å². The number of ketones is 1. The lowest BCUT2D eigenvalue weighted by atomic mass is 10.2. The number of nitrogens with zero attached hydrogens (tertiary/aromatic N) is 4. The number of anilines is 1. The van der Waals surface area contributed by atoms with E-state index in [4.69, 9.17) is 34.8 Å². The standard InChI is InChI=1S/C24H18Cl3N5OS/c1-15(33)23(30-28-21-10-6-5-9-19(21)26)34-24-31-29-22(18-12-11-17(25)13-20(18)27)32(24)14-16-7-3-2-4-8-16/h2-13,28H,14H2,1H3. The third-order valence-corrected chi connectivity index (χ3v) is 6.65. The van der Waals surface area contributed by atoms with E-state index in [1.807, 2.05) is 47.0 Å². The summed E-state index contributed by atoms with van der Waals surface area (Å²) in [6.07, 6.45) is 0. The van der Waals surface area contributed by atoms with Gasteiger partial charge in [0.2, 0.25) is 0 Å². The van der Waals surface area contributed by atoms with Gasteiger partial charge in [0.25, 0.3) is 0 Å². The van der Waals surface area contributed by atoms with Crippen LogP contribution in [0, 0.1) is 0 Å². The van der Waals surface area contributed by atoms with Crippen molar-refractivity contribution < 1.29 is 4.79 Å². The third kappa shape index (κ3) is 5.80. The molecule has 0 aliphatic carbocycles. The molecule has 0 saturated carbocycles. The van der Waals surface area contributed by atoms with Gasteiger partial charge in [0.1, 0.15) is 0 Å². The van der Waals surface area contributed by atoms with Gasteiger partial charge in [-0.25, -0.2) is 0 Å². The van der Waals surface area contributed by atoms with Gasteiger partial charge in [-0.1, -0.05) is 77.3 Å². The van der Waals surface area contributed by atoms with Crippen LogP contribution in [0.2, 0.25) is 15.1 Å². The maximum atomic E-state index is 12.4. The first kappa shape index (κ1) is 24.3. The molecule has 0 atom stereocenters. The van der Waals surface area contributed by atoms with Crippen LogP contribution < -0.4 is 5.43 Å². The molecule has 0 fully saturated rings. The molecule has 0 unspecified atom stereocenters. The smallest absolute Gasteiger partial charge is 0.198 e. The topological polar surface area (TPSA) is 72.2 Å². The minimum atomic E-state index is -0.232. The van der Waals surface area contributed by atoms with Gasteiger partial charge in [-0.15, -0.1) is 10.2 Å². The molecule has 0 aliphatic rings. The van der Waals surface area contributed by atoms with E-state index < -0.39 is 0 Å². The molecular formula is C24H18Cl3N5OS. The summed E-state index contributed by atoms with van der Waals surface area (Å²) in [6.45, 7) is 1.91. The molecule has 4 aromatic rings. The molecule has 0 spiro atoms. The quantitative estimate of drug-likeness (QED) is 0.120. The second kappa shape index (κ2) is 11.1. The number of Topliss-reactive ketones (excluding diaryl/α,β-unsaturated/α-hetero) is 1. The zero-order chi connectivity index (χ0) is 24.1. The zero-order valence-corrected chi connectivity index (χ0v) is 21.0. The number of hydrogen-bond acceptors (Lipinski definition) is 6. The lowest BCUT2D eigenvalue weighted by Gasteiger charge is -2.12. The Morgan fingerprint density at radius 1 is 0.971 bits per heavy atom. The SMILES string of the molecule is CC(=O)C(=NNc1ccccc1Cl)Sc1nnc(-c2ccc(Cl)cc2Cl)n1Cc1ccccc1. The second-order valence-corrected chi connectivity index (χ2v) is 9.38. The number of benzene rings is 3. The summed E-state index contributed by atoms with van der Waals surface area (Å²) < 4.78 is 1.89. The summed E-state index contributed by atoms with van der Waals surface area (Å²) in [5.74, 6) is 0.319. The lowest BCUT2D eigenvalue weighted by molar-refractivity contribution is -0.110. The van der Waals surface area contributed by atoms with Crippen LogP contribution in [-0.2, 0) is 11.3 Å². The number of hydrogen-bond donors (Lipinski definition) is 1. The number of thioether (sulfide) groups is 1. The van der Waals surface area contributed by atoms with Gasteiger partial charge >= 0.3 is 0 Å². The van der Waals surface area contributed by atoms with Gasteiger partial charge in [0.15, 0.2) is 21.8 Å². The third-order valence-electron chi connectivity index (χ3n) is 4.71.